The van der Waals surface area contributed by atoms with E-state index in [4.69, 9.17) is 0 Å². The van der Waals surface area contributed by atoms with E-state index >= 15 is 0 Å². The first-order valence-electron chi connectivity index (χ1n) is 6.30. The van der Waals surface area contributed by atoms with E-state index in [9.17, 15) is 4.79 Å². The van der Waals surface area contributed by atoms with Gasteiger partial charge in [0.2, 0.25) is 5.91 Å². The Balaban J connectivity index is 1.95. The van der Waals surface area contributed by atoms with Crippen molar-refractivity contribution in [3.63, 3.8) is 0 Å². The van der Waals surface area contributed by atoms with Gasteiger partial charge >= 0.3 is 0 Å². The van der Waals surface area contributed by atoms with Gasteiger partial charge in [0, 0.05) is 22.8 Å². The molecule has 2 rings (SSSR count). The predicted octanol–water partition coefficient (Wildman–Crippen LogP) is 2.78. The fraction of sp³-hybridized carbons (Fsp3) is 0.462. The predicted molar refractivity (Wildman–Crippen MR) is 107 cm³/mol. The molecule has 0 spiro atoms. The van der Waals surface area contributed by atoms with Crippen LogP contribution in [0.5, 0.6) is 0 Å². The third-order valence-corrected chi connectivity index (χ3v) is 5.64. The largest absolute Gasteiger partial charge is 0.323 e. The van der Waals surface area contributed by atoms with Crippen molar-refractivity contribution in [2.75, 3.05) is 25.0 Å². The molecule has 1 amide bonds. The van der Waals surface area contributed by atoms with Crippen molar-refractivity contribution in [2.24, 2.45) is 0 Å². The summed E-state index contributed by atoms with van der Waals surface area (Å²) < 4.78 is 3.32. The Hall–Kier alpha value is 0.800. The molecule has 7 heteroatoms. The zero-order chi connectivity index (χ0) is 14.8. The molecule has 20 heavy (non-hydrogen) atoms. The Morgan fingerprint density at radius 2 is 2.00 bits per heavy atom. The second-order valence-electron chi connectivity index (χ2n) is 5.13. The maximum atomic E-state index is 12.1. The number of benzene rings is 1. The van der Waals surface area contributed by atoms with Gasteiger partial charge < -0.3 is 16.0 Å². The van der Waals surface area contributed by atoms with Crippen molar-refractivity contribution in [2.45, 2.75) is 18.9 Å². The average molecular weight is 611 g/mol. The van der Waals surface area contributed by atoms with Crippen LogP contribution in [0.1, 0.15) is 13.3 Å². The van der Waals surface area contributed by atoms with Crippen molar-refractivity contribution in [3.05, 3.63) is 22.8 Å². The average Bonchev–Trinajstić information content (AvgIpc) is 2.79. The number of hydrogen-bond donors (Lipinski definition) is 3. The second kappa shape index (κ2) is 7.38. The fourth-order valence-electron chi connectivity index (χ4n) is 2.11. The van der Waals surface area contributed by atoms with E-state index in [-0.39, 0.29) is 11.4 Å². The lowest BCUT2D eigenvalue weighted by Crippen LogP contribution is -2.47. The molecule has 1 heterocycles. The van der Waals surface area contributed by atoms with Crippen LogP contribution in [0.15, 0.2) is 12.1 Å². The Morgan fingerprint density at radius 1 is 1.35 bits per heavy atom. The normalized spacial score (nSPS) is 22.0. The molecule has 1 aliphatic rings. The standard InChI is InChI=1S/C13H16I3N3O/c1-13(2-3-17-7-13)18-6-11(20)19-12-9(15)4-8(14)5-10(12)16/h4-5,17-18H,2-3,6-7H2,1H3,(H,19,20). The zero-order valence-corrected chi connectivity index (χ0v) is 17.5. The molecule has 110 valence electrons. The maximum absolute atomic E-state index is 12.1. The number of rotatable bonds is 4. The minimum absolute atomic E-state index is 0.00941. The monoisotopic (exact) mass is 611 g/mol. The van der Waals surface area contributed by atoms with Gasteiger partial charge in [-0.1, -0.05) is 0 Å². The summed E-state index contributed by atoms with van der Waals surface area (Å²) in [5.74, 6) is 0.00941. The molecule has 0 aromatic heterocycles. The Bertz CT molecular complexity index is 493. The van der Waals surface area contributed by atoms with Gasteiger partial charge in [-0.2, -0.15) is 0 Å². The highest BCUT2D eigenvalue weighted by Crippen LogP contribution is 2.27. The highest BCUT2D eigenvalue weighted by molar-refractivity contribution is 14.1. The minimum atomic E-state index is 0.00941. The molecule has 3 N–H and O–H groups in total. The summed E-state index contributed by atoms with van der Waals surface area (Å²) in [7, 11) is 0. The van der Waals surface area contributed by atoms with Gasteiger partial charge in [0.25, 0.3) is 0 Å². The van der Waals surface area contributed by atoms with Crippen molar-refractivity contribution >= 4 is 79.4 Å². The van der Waals surface area contributed by atoms with Crippen LogP contribution in [0.4, 0.5) is 5.69 Å². The molecule has 1 aliphatic heterocycles. The van der Waals surface area contributed by atoms with Gasteiger partial charge in [-0.25, -0.2) is 0 Å². The van der Waals surface area contributed by atoms with Gasteiger partial charge in [0.1, 0.15) is 0 Å². The first-order valence-corrected chi connectivity index (χ1v) is 9.53. The van der Waals surface area contributed by atoms with E-state index < -0.39 is 0 Å². The highest BCUT2D eigenvalue weighted by atomic mass is 127. The van der Waals surface area contributed by atoms with Crippen molar-refractivity contribution in [1.82, 2.24) is 10.6 Å². The quantitative estimate of drug-likeness (QED) is 0.460. The van der Waals surface area contributed by atoms with Crippen LogP contribution in [0, 0.1) is 10.7 Å². The van der Waals surface area contributed by atoms with Gasteiger partial charge in [-0.3, -0.25) is 4.79 Å². The van der Waals surface area contributed by atoms with Crippen LogP contribution >= 0.6 is 67.8 Å². The van der Waals surface area contributed by atoms with Crippen LogP contribution in [0.25, 0.3) is 0 Å². The Morgan fingerprint density at radius 3 is 2.55 bits per heavy atom. The molecule has 1 unspecified atom stereocenters. The van der Waals surface area contributed by atoms with Crippen LogP contribution < -0.4 is 16.0 Å². The van der Waals surface area contributed by atoms with E-state index in [1.807, 2.05) is 0 Å². The first kappa shape index (κ1) is 17.2. The van der Waals surface area contributed by atoms with E-state index in [1.54, 1.807) is 0 Å². The van der Waals surface area contributed by atoms with E-state index in [0.29, 0.717) is 6.54 Å². The molecule has 0 radical (unpaired) electrons. The molecule has 4 nitrogen and oxygen atoms in total. The summed E-state index contributed by atoms with van der Waals surface area (Å²) >= 11 is 6.80. The first-order chi connectivity index (χ1) is 9.39. The maximum Gasteiger partial charge on any atom is 0.238 e. The van der Waals surface area contributed by atoms with Crippen LogP contribution in [-0.2, 0) is 4.79 Å². The number of anilines is 1. The van der Waals surface area contributed by atoms with Crippen LogP contribution in [0.2, 0.25) is 0 Å². The third kappa shape index (κ3) is 4.65. The minimum Gasteiger partial charge on any atom is -0.323 e. The zero-order valence-electron chi connectivity index (χ0n) is 11.0. The lowest BCUT2D eigenvalue weighted by Gasteiger charge is -2.24. The molecule has 1 aromatic rings. The summed E-state index contributed by atoms with van der Waals surface area (Å²) in [6, 6.07) is 4.13. The molecular formula is C13H16I3N3O. The summed E-state index contributed by atoms with van der Waals surface area (Å²) in [4.78, 5) is 12.1. The number of carbonyl (C=O) groups excluding carboxylic acids is 1. The lowest BCUT2D eigenvalue weighted by molar-refractivity contribution is -0.115. The topological polar surface area (TPSA) is 53.2 Å². The van der Waals surface area contributed by atoms with Gasteiger partial charge in [-0.15, -0.1) is 0 Å². The summed E-state index contributed by atoms with van der Waals surface area (Å²) in [5.41, 5.74) is 0.942. The molecule has 0 bridgehead atoms. The Kier molecular flexibility index (Phi) is 6.33. The van der Waals surface area contributed by atoms with E-state index in [2.05, 4.69) is 103 Å². The Labute approximate surface area is 160 Å². The summed E-state index contributed by atoms with van der Waals surface area (Å²) in [6.07, 6.45) is 1.05. The number of amides is 1. The molecule has 1 aromatic carbocycles. The number of halogens is 3. The fourth-order valence-corrected chi connectivity index (χ4v) is 5.96. The molecule has 0 aliphatic carbocycles. The number of hydrogen-bond acceptors (Lipinski definition) is 3. The van der Waals surface area contributed by atoms with Crippen LogP contribution in [0.3, 0.4) is 0 Å². The lowest BCUT2D eigenvalue weighted by atomic mass is 10.0. The van der Waals surface area contributed by atoms with E-state index in [1.165, 1.54) is 3.57 Å². The number of nitrogens with one attached hydrogen (secondary N) is 3. The second-order valence-corrected chi connectivity index (χ2v) is 8.70. The third-order valence-electron chi connectivity index (χ3n) is 3.32. The summed E-state index contributed by atoms with van der Waals surface area (Å²) in [5, 5.41) is 9.67. The van der Waals surface area contributed by atoms with Crippen molar-refractivity contribution in [3.8, 4) is 0 Å². The number of carbonyl (C=O) groups is 1. The molecule has 1 fully saturated rings. The highest BCUT2D eigenvalue weighted by Gasteiger charge is 2.28. The smallest absolute Gasteiger partial charge is 0.238 e. The molecule has 0 saturated carbocycles. The molecule has 1 saturated heterocycles. The van der Waals surface area contributed by atoms with E-state index in [0.717, 1.165) is 32.3 Å². The molecule has 1 atom stereocenters. The van der Waals surface area contributed by atoms with Gasteiger partial charge in [0.05, 0.1) is 12.2 Å². The SMILES string of the molecule is CC1(NCC(=O)Nc2c(I)cc(I)cc2I)CCNC1. The van der Waals surface area contributed by atoms with Crippen molar-refractivity contribution in [1.29, 1.82) is 0 Å². The molecular weight excluding hydrogens is 595 g/mol. The van der Waals surface area contributed by atoms with Gasteiger partial charge in [0.15, 0.2) is 0 Å². The summed E-state index contributed by atoms with van der Waals surface area (Å²) in [6.45, 7) is 4.42. The van der Waals surface area contributed by atoms with Crippen LogP contribution in [-0.4, -0.2) is 31.1 Å². The van der Waals surface area contributed by atoms with Gasteiger partial charge in [-0.05, 0) is 99.8 Å². The van der Waals surface area contributed by atoms with Crippen molar-refractivity contribution < 1.29 is 4.79 Å².